The van der Waals surface area contributed by atoms with Gasteiger partial charge in [-0.1, -0.05) is 54.6 Å². The maximum Gasteiger partial charge on any atom is 0.405 e. The molecule has 1 saturated carbocycles. The van der Waals surface area contributed by atoms with E-state index in [1.165, 1.54) is 12.1 Å². The molecule has 6 rings (SSSR count). The summed E-state index contributed by atoms with van der Waals surface area (Å²) in [6.07, 6.45) is 1.57. The molecule has 3 aromatic carbocycles. The van der Waals surface area contributed by atoms with Crippen molar-refractivity contribution in [1.29, 1.82) is 0 Å². The van der Waals surface area contributed by atoms with Crippen LogP contribution in [0.1, 0.15) is 24.8 Å². The summed E-state index contributed by atoms with van der Waals surface area (Å²) < 4.78 is 15.3. The van der Waals surface area contributed by atoms with Crippen LogP contribution in [-0.2, 0) is 5.54 Å². The van der Waals surface area contributed by atoms with Crippen LogP contribution in [0.3, 0.4) is 0 Å². The van der Waals surface area contributed by atoms with E-state index in [9.17, 15) is 14.3 Å². The molecule has 0 radical (unpaired) electrons. The summed E-state index contributed by atoms with van der Waals surface area (Å²) in [6, 6.07) is 28.0. The molecule has 6 nitrogen and oxygen atoms in total. The van der Waals surface area contributed by atoms with Crippen molar-refractivity contribution in [2.45, 2.75) is 24.8 Å². The molecule has 1 aliphatic rings. The van der Waals surface area contributed by atoms with Gasteiger partial charge >= 0.3 is 6.09 Å². The van der Waals surface area contributed by atoms with E-state index < -0.39 is 11.6 Å². The van der Waals surface area contributed by atoms with Gasteiger partial charge in [-0.3, -0.25) is 0 Å². The van der Waals surface area contributed by atoms with Crippen LogP contribution >= 0.6 is 0 Å². The highest BCUT2D eigenvalue weighted by atomic mass is 19.1. The van der Waals surface area contributed by atoms with E-state index in [4.69, 9.17) is 10.1 Å². The summed E-state index contributed by atoms with van der Waals surface area (Å²) in [5, 5.41) is 16.9. The zero-order valence-electron chi connectivity index (χ0n) is 19.4. The Morgan fingerprint density at radius 3 is 2.19 bits per heavy atom. The predicted octanol–water partition coefficient (Wildman–Crippen LogP) is 6.52. The molecule has 2 heterocycles. The summed E-state index contributed by atoms with van der Waals surface area (Å²) >= 11 is 0. The van der Waals surface area contributed by atoms with Crippen LogP contribution < -0.4 is 5.32 Å². The van der Waals surface area contributed by atoms with Gasteiger partial charge in [-0.25, -0.2) is 18.7 Å². The number of fused-ring (bicyclic) bond motifs is 1. The summed E-state index contributed by atoms with van der Waals surface area (Å²) in [4.78, 5) is 16.3. The number of aromatic nitrogens is 3. The van der Waals surface area contributed by atoms with E-state index in [0.717, 1.165) is 52.9 Å². The predicted molar refractivity (Wildman–Crippen MR) is 136 cm³/mol. The molecule has 0 bridgehead atoms. The Bertz CT molecular complexity index is 1560. The second kappa shape index (κ2) is 8.61. The molecule has 0 spiro atoms. The van der Waals surface area contributed by atoms with Gasteiger partial charge in [-0.15, -0.1) is 0 Å². The van der Waals surface area contributed by atoms with E-state index in [0.29, 0.717) is 11.3 Å². The number of benzene rings is 3. The maximum atomic E-state index is 13.5. The summed E-state index contributed by atoms with van der Waals surface area (Å²) in [5.41, 5.74) is 6.18. The zero-order valence-corrected chi connectivity index (χ0v) is 19.4. The topological polar surface area (TPSA) is 79.5 Å². The molecule has 5 aromatic rings. The lowest BCUT2D eigenvalue weighted by atomic mass is 9.72. The lowest BCUT2D eigenvalue weighted by molar-refractivity contribution is 0.144. The van der Waals surface area contributed by atoms with Crippen molar-refractivity contribution in [2.24, 2.45) is 0 Å². The number of carboxylic acid groups (broad SMARTS) is 1. The molecule has 0 saturated heterocycles. The molecule has 0 aliphatic heterocycles. The number of nitrogens with zero attached hydrogens (tertiary/aromatic N) is 3. The van der Waals surface area contributed by atoms with Crippen molar-refractivity contribution in [1.82, 2.24) is 19.9 Å². The Labute approximate surface area is 207 Å². The molecule has 1 amide bonds. The fourth-order valence-corrected chi connectivity index (χ4v) is 4.93. The number of halogens is 1. The van der Waals surface area contributed by atoms with Crippen LogP contribution in [-0.4, -0.2) is 25.8 Å². The minimum Gasteiger partial charge on any atom is -0.465 e. The first-order valence-electron chi connectivity index (χ1n) is 11.9. The van der Waals surface area contributed by atoms with E-state index in [-0.39, 0.29) is 5.82 Å². The van der Waals surface area contributed by atoms with Crippen molar-refractivity contribution < 1.29 is 14.3 Å². The van der Waals surface area contributed by atoms with Crippen molar-refractivity contribution in [3.05, 3.63) is 102 Å². The quantitative estimate of drug-likeness (QED) is 0.302. The average Bonchev–Trinajstić information content (AvgIpc) is 3.26. The van der Waals surface area contributed by atoms with Crippen LogP contribution in [0.5, 0.6) is 0 Å². The van der Waals surface area contributed by atoms with Gasteiger partial charge < -0.3 is 10.4 Å². The third-order valence-corrected chi connectivity index (χ3v) is 6.93. The minimum absolute atomic E-state index is 0.291. The number of hydrogen-bond acceptors (Lipinski definition) is 3. The summed E-state index contributed by atoms with van der Waals surface area (Å²) in [7, 11) is 0. The second-order valence-corrected chi connectivity index (χ2v) is 9.11. The van der Waals surface area contributed by atoms with Gasteiger partial charge in [0.1, 0.15) is 11.5 Å². The van der Waals surface area contributed by atoms with E-state index >= 15 is 0 Å². The third-order valence-electron chi connectivity index (χ3n) is 6.93. The molecule has 0 unspecified atom stereocenters. The monoisotopic (exact) mass is 478 g/mol. The molecule has 2 aromatic heterocycles. The van der Waals surface area contributed by atoms with Gasteiger partial charge in [0.05, 0.1) is 16.9 Å². The van der Waals surface area contributed by atoms with Crippen LogP contribution in [0.25, 0.3) is 39.4 Å². The normalized spacial score (nSPS) is 14.4. The number of rotatable bonds is 5. The molecule has 36 heavy (non-hydrogen) atoms. The van der Waals surface area contributed by atoms with Crippen molar-refractivity contribution in [3.8, 4) is 33.8 Å². The lowest BCUT2D eigenvalue weighted by Crippen LogP contribution is -2.50. The van der Waals surface area contributed by atoms with E-state index in [2.05, 4.69) is 5.32 Å². The van der Waals surface area contributed by atoms with Gasteiger partial charge in [-0.2, -0.15) is 5.10 Å². The standard InChI is InChI=1S/C29H23FN4O2/c30-23-13-9-19(10-14-23)24-15-16-25-31-26(27(34(25)33-24)21-5-2-1-3-6-21)20-7-11-22(12-8-20)29(17-4-18-29)32-28(35)36/h1-3,5-16,32H,4,17-18H2,(H,35,36). The minimum atomic E-state index is -1.01. The largest absolute Gasteiger partial charge is 0.465 e. The van der Waals surface area contributed by atoms with Crippen LogP contribution in [0, 0.1) is 5.82 Å². The first kappa shape index (κ1) is 22.0. The third kappa shape index (κ3) is 3.79. The molecule has 2 N–H and O–H groups in total. The highest BCUT2D eigenvalue weighted by Gasteiger charge is 2.40. The Morgan fingerprint density at radius 1 is 0.861 bits per heavy atom. The molecule has 1 aliphatic carbocycles. The molecule has 1 fully saturated rings. The first-order valence-corrected chi connectivity index (χ1v) is 11.9. The van der Waals surface area contributed by atoms with Crippen LogP contribution in [0.15, 0.2) is 91.0 Å². The molecule has 0 atom stereocenters. The molecule has 178 valence electrons. The second-order valence-electron chi connectivity index (χ2n) is 9.11. The van der Waals surface area contributed by atoms with Gasteiger partial charge in [0.25, 0.3) is 0 Å². The van der Waals surface area contributed by atoms with Crippen molar-refractivity contribution in [3.63, 3.8) is 0 Å². The van der Waals surface area contributed by atoms with Gasteiger partial charge in [0, 0.05) is 16.7 Å². The van der Waals surface area contributed by atoms with Crippen LogP contribution in [0.4, 0.5) is 9.18 Å². The Kier molecular flexibility index (Phi) is 5.25. The Hall–Kier alpha value is -4.52. The van der Waals surface area contributed by atoms with Gasteiger partial charge in [0.15, 0.2) is 5.65 Å². The number of imidazole rings is 1. The Morgan fingerprint density at radius 2 is 1.56 bits per heavy atom. The number of amides is 1. The fourth-order valence-electron chi connectivity index (χ4n) is 4.93. The molecule has 7 heteroatoms. The van der Waals surface area contributed by atoms with Gasteiger partial charge in [0.2, 0.25) is 0 Å². The van der Waals surface area contributed by atoms with E-state index in [1.54, 1.807) is 12.1 Å². The van der Waals surface area contributed by atoms with Crippen molar-refractivity contribution in [2.75, 3.05) is 0 Å². The number of carbonyl (C=O) groups is 1. The fraction of sp³-hybridized carbons (Fsp3) is 0.138. The summed E-state index contributed by atoms with van der Waals surface area (Å²) in [6.45, 7) is 0. The lowest BCUT2D eigenvalue weighted by Gasteiger charge is -2.42. The maximum absolute atomic E-state index is 13.5. The Balaban J connectivity index is 1.48. The average molecular weight is 479 g/mol. The molecular formula is C29H23FN4O2. The van der Waals surface area contributed by atoms with E-state index in [1.807, 2.05) is 71.2 Å². The van der Waals surface area contributed by atoms with Crippen LogP contribution in [0.2, 0.25) is 0 Å². The highest BCUT2D eigenvalue weighted by molar-refractivity contribution is 5.82. The number of nitrogens with one attached hydrogen (secondary N) is 1. The highest BCUT2D eigenvalue weighted by Crippen LogP contribution is 2.42. The first-order chi connectivity index (χ1) is 17.5. The SMILES string of the molecule is O=C(O)NC1(c2ccc(-c3nc4ccc(-c5ccc(F)cc5)nn4c3-c3ccccc3)cc2)CCC1. The van der Waals surface area contributed by atoms with Gasteiger partial charge in [-0.05, 0) is 61.2 Å². The molecular weight excluding hydrogens is 455 g/mol. The van der Waals surface area contributed by atoms with Crippen molar-refractivity contribution >= 4 is 11.7 Å². The smallest absolute Gasteiger partial charge is 0.405 e. The number of hydrogen-bond donors (Lipinski definition) is 2. The summed E-state index contributed by atoms with van der Waals surface area (Å²) in [5.74, 6) is -0.291. The zero-order chi connectivity index (χ0) is 24.7.